The number of hydrogen-bond donors (Lipinski definition) is 1. The van der Waals surface area contributed by atoms with Crippen LogP contribution in [0.5, 0.6) is 0 Å². The molecule has 0 amide bonds. The smallest absolute Gasteiger partial charge is 0.185 e. The molecule has 0 aliphatic heterocycles. The van der Waals surface area contributed by atoms with Gasteiger partial charge in [0.25, 0.3) is 0 Å². The summed E-state index contributed by atoms with van der Waals surface area (Å²) in [7, 11) is 0. The zero-order chi connectivity index (χ0) is 12.7. The highest BCUT2D eigenvalue weighted by molar-refractivity contribution is 5.92. The third-order valence-electron chi connectivity index (χ3n) is 3.26. The Bertz CT molecular complexity index is 606. The quantitative estimate of drug-likeness (QED) is 0.893. The topological polar surface area (TPSA) is 24.9 Å². The predicted octanol–water partition coefficient (Wildman–Crippen LogP) is 3.82. The van der Waals surface area contributed by atoms with Gasteiger partial charge in [-0.25, -0.2) is 13.8 Å². The lowest BCUT2D eigenvalue weighted by molar-refractivity contribution is 0.515. The highest BCUT2D eigenvalue weighted by Gasteiger charge is 2.26. The number of benzene rings is 1. The first-order valence-electron chi connectivity index (χ1n) is 6.23. The first-order chi connectivity index (χ1) is 8.70. The highest BCUT2D eigenvalue weighted by atomic mass is 19.2. The fourth-order valence-corrected chi connectivity index (χ4v) is 2.18. The summed E-state index contributed by atoms with van der Waals surface area (Å²) in [5.41, 5.74) is 1.83. The summed E-state index contributed by atoms with van der Waals surface area (Å²) in [5.74, 6) is -1.28. The molecular weight excluding hydrogens is 234 g/mol. The molecular formula is C14H14F2N2. The maximum absolute atomic E-state index is 13.8. The number of aromatic nitrogens is 1. The van der Waals surface area contributed by atoms with E-state index in [9.17, 15) is 8.78 Å². The van der Waals surface area contributed by atoms with E-state index in [1.54, 1.807) is 6.07 Å². The lowest BCUT2D eigenvalue weighted by Gasteiger charge is -2.11. The lowest BCUT2D eigenvalue weighted by Crippen LogP contribution is -2.02. The fourth-order valence-electron chi connectivity index (χ4n) is 2.18. The molecule has 1 N–H and O–H groups in total. The van der Waals surface area contributed by atoms with E-state index in [0.717, 1.165) is 36.8 Å². The van der Waals surface area contributed by atoms with Crippen molar-refractivity contribution in [3.8, 4) is 0 Å². The van der Waals surface area contributed by atoms with Crippen LogP contribution in [0.4, 0.5) is 14.5 Å². The Morgan fingerprint density at radius 2 is 2.11 bits per heavy atom. The third kappa shape index (κ3) is 1.82. The van der Waals surface area contributed by atoms with E-state index in [4.69, 9.17) is 0 Å². The summed E-state index contributed by atoms with van der Waals surface area (Å²) in [5, 5.41) is 3.83. The van der Waals surface area contributed by atoms with E-state index in [-0.39, 0.29) is 5.52 Å². The predicted molar refractivity (Wildman–Crippen MR) is 67.8 cm³/mol. The van der Waals surface area contributed by atoms with Gasteiger partial charge in [0.15, 0.2) is 11.6 Å². The molecule has 1 aliphatic carbocycles. The molecule has 1 saturated carbocycles. The van der Waals surface area contributed by atoms with Crippen molar-refractivity contribution in [2.75, 3.05) is 11.9 Å². The largest absolute Gasteiger partial charge is 0.385 e. The minimum Gasteiger partial charge on any atom is -0.385 e. The fraction of sp³-hybridized carbons (Fsp3) is 0.357. The number of rotatable bonds is 3. The van der Waals surface area contributed by atoms with E-state index in [1.807, 2.05) is 13.0 Å². The SMILES string of the molecule is CCNc1cc(C2CC2)nc2c(F)c(F)ccc12. The molecule has 18 heavy (non-hydrogen) atoms. The second-order valence-corrected chi connectivity index (χ2v) is 4.66. The molecule has 1 aliphatic rings. The minimum absolute atomic E-state index is 0.135. The maximum Gasteiger partial charge on any atom is 0.185 e. The van der Waals surface area contributed by atoms with E-state index < -0.39 is 11.6 Å². The number of anilines is 1. The number of nitrogens with zero attached hydrogens (tertiary/aromatic N) is 1. The maximum atomic E-state index is 13.8. The first kappa shape index (κ1) is 11.4. The van der Waals surface area contributed by atoms with Crippen molar-refractivity contribution in [2.45, 2.75) is 25.7 Å². The molecule has 1 fully saturated rings. The number of halogens is 2. The second-order valence-electron chi connectivity index (χ2n) is 4.66. The average Bonchev–Trinajstić information content (AvgIpc) is 3.18. The van der Waals surface area contributed by atoms with Gasteiger partial charge in [-0.1, -0.05) is 0 Å². The summed E-state index contributed by atoms with van der Waals surface area (Å²) in [6, 6.07) is 4.69. The van der Waals surface area contributed by atoms with Crippen molar-refractivity contribution in [2.24, 2.45) is 0 Å². The van der Waals surface area contributed by atoms with E-state index >= 15 is 0 Å². The number of fused-ring (bicyclic) bond motifs is 1. The van der Waals surface area contributed by atoms with Crippen LogP contribution in [0.1, 0.15) is 31.4 Å². The third-order valence-corrected chi connectivity index (χ3v) is 3.26. The van der Waals surface area contributed by atoms with Crippen LogP contribution in [0.3, 0.4) is 0 Å². The molecule has 2 aromatic rings. The highest BCUT2D eigenvalue weighted by Crippen LogP contribution is 2.41. The van der Waals surface area contributed by atoms with Crippen LogP contribution in [0, 0.1) is 11.6 Å². The first-order valence-corrected chi connectivity index (χ1v) is 6.23. The van der Waals surface area contributed by atoms with Gasteiger partial charge in [-0.05, 0) is 38.0 Å². The van der Waals surface area contributed by atoms with E-state index in [1.165, 1.54) is 0 Å². The van der Waals surface area contributed by atoms with Gasteiger partial charge in [-0.15, -0.1) is 0 Å². The van der Waals surface area contributed by atoms with Crippen LogP contribution in [-0.2, 0) is 0 Å². The van der Waals surface area contributed by atoms with Crippen molar-refractivity contribution in [1.29, 1.82) is 0 Å². The van der Waals surface area contributed by atoms with Gasteiger partial charge in [0, 0.05) is 29.2 Å². The summed E-state index contributed by atoms with van der Waals surface area (Å²) in [6.45, 7) is 2.71. The molecule has 0 bridgehead atoms. The Morgan fingerprint density at radius 1 is 1.33 bits per heavy atom. The Balaban J connectivity index is 2.26. The minimum atomic E-state index is -0.853. The molecule has 0 radical (unpaired) electrons. The van der Waals surface area contributed by atoms with Gasteiger partial charge in [0.2, 0.25) is 0 Å². The van der Waals surface area contributed by atoms with Gasteiger partial charge in [-0.3, -0.25) is 0 Å². The zero-order valence-electron chi connectivity index (χ0n) is 10.1. The van der Waals surface area contributed by atoms with E-state index in [0.29, 0.717) is 11.3 Å². The lowest BCUT2D eigenvalue weighted by atomic mass is 10.1. The van der Waals surface area contributed by atoms with Crippen LogP contribution >= 0.6 is 0 Å². The van der Waals surface area contributed by atoms with Crippen LogP contribution in [0.25, 0.3) is 10.9 Å². The normalized spacial score (nSPS) is 15.1. The Kier molecular flexibility index (Phi) is 2.65. The molecule has 1 heterocycles. The van der Waals surface area contributed by atoms with Crippen LogP contribution in [-0.4, -0.2) is 11.5 Å². The molecule has 2 nitrogen and oxygen atoms in total. The molecule has 0 spiro atoms. The number of hydrogen-bond acceptors (Lipinski definition) is 2. The summed E-state index contributed by atoms with van der Waals surface area (Å²) >= 11 is 0. The second kappa shape index (κ2) is 4.19. The standard InChI is InChI=1S/C14H14F2N2/c1-2-17-12-7-11(8-3-4-8)18-14-9(12)5-6-10(15)13(14)16/h5-8H,2-4H2,1H3,(H,17,18). The van der Waals surface area contributed by atoms with Crippen molar-refractivity contribution in [1.82, 2.24) is 4.98 Å². The van der Waals surface area contributed by atoms with Gasteiger partial charge >= 0.3 is 0 Å². The zero-order valence-corrected chi connectivity index (χ0v) is 10.1. The van der Waals surface area contributed by atoms with Gasteiger partial charge in [-0.2, -0.15) is 0 Å². The molecule has 4 heteroatoms. The van der Waals surface area contributed by atoms with Gasteiger partial charge in [0.05, 0.1) is 0 Å². The van der Waals surface area contributed by atoms with E-state index in [2.05, 4.69) is 10.3 Å². The Hall–Kier alpha value is -1.71. The molecule has 0 unspecified atom stereocenters. The van der Waals surface area contributed by atoms with Crippen LogP contribution in [0.2, 0.25) is 0 Å². The van der Waals surface area contributed by atoms with Crippen molar-refractivity contribution in [3.05, 3.63) is 35.5 Å². The average molecular weight is 248 g/mol. The summed E-state index contributed by atoms with van der Waals surface area (Å²) in [6.07, 6.45) is 2.17. The number of pyridine rings is 1. The molecule has 0 saturated heterocycles. The molecule has 1 aromatic heterocycles. The molecule has 1 aromatic carbocycles. The van der Waals surface area contributed by atoms with Gasteiger partial charge < -0.3 is 5.32 Å². The monoisotopic (exact) mass is 248 g/mol. The van der Waals surface area contributed by atoms with Crippen LogP contribution in [0.15, 0.2) is 18.2 Å². The number of nitrogens with one attached hydrogen (secondary N) is 1. The van der Waals surface area contributed by atoms with Gasteiger partial charge in [0.1, 0.15) is 5.52 Å². The van der Waals surface area contributed by atoms with Crippen molar-refractivity contribution in [3.63, 3.8) is 0 Å². The Labute approximate surface area is 104 Å². The Morgan fingerprint density at radius 3 is 2.78 bits per heavy atom. The van der Waals surface area contributed by atoms with Crippen molar-refractivity contribution >= 4 is 16.6 Å². The summed E-state index contributed by atoms with van der Waals surface area (Å²) in [4.78, 5) is 4.29. The van der Waals surface area contributed by atoms with Crippen LogP contribution < -0.4 is 5.32 Å². The molecule has 94 valence electrons. The van der Waals surface area contributed by atoms with Crippen molar-refractivity contribution < 1.29 is 8.78 Å². The summed E-state index contributed by atoms with van der Waals surface area (Å²) < 4.78 is 27.1. The molecule has 0 atom stereocenters. The molecule has 3 rings (SSSR count).